The van der Waals surface area contributed by atoms with Crippen molar-refractivity contribution in [1.29, 1.82) is 0 Å². The summed E-state index contributed by atoms with van der Waals surface area (Å²) in [5, 5.41) is 0. The van der Waals surface area contributed by atoms with Crippen LogP contribution in [0.4, 0.5) is 0 Å². The van der Waals surface area contributed by atoms with Gasteiger partial charge in [-0.3, -0.25) is 4.79 Å². The van der Waals surface area contributed by atoms with Crippen molar-refractivity contribution in [1.82, 2.24) is 4.57 Å². The second-order valence-electron chi connectivity index (χ2n) is 4.68. The molecule has 1 heterocycles. The Morgan fingerprint density at radius 2 is 1.86 bits per heavy atom. The number of amides is 1. The molecule has 0 aliphatic carbocycles. The maximum Gasteiger partial charge on any atom is 0.284 e. The first kappa shape index (κ1) is 16.4. The molecule has 0 fully saturated rings. The highest BCUT2D eigenvalue weighted by Crippen LogP contribution is 2.12. The van der Waals surface area contributed by atoms with Gasteiger partial charge in [-0.05, 0) is 47.1 Å². The van der Waals surface area contributed by atoms with Crippen molar-refractivity contribution in [2.24, 2.45) is 10.1 Å². The van der Waals surface area contributed by atoms with Crippen LogP contribution in [0.2, 0.25) is 0 Å². The second kappa shape index (κ2) is 6.45. The number of hydrogen-bond donors (Lipinski definition) is 1. The highest BCUT2D eigenvalue weighted by molar-refractivity contribution is 9.10. The van der Waals surface area contributed by atoms with Crippen LogP contribution in [0.5, 0.6) is 0 Å². The number of sulfonamides is 1. The summed E-state index contributed by atoms with van der Waals surface area (Å²) >= 11 is 3.25. The van der Waals surface area contributed by atoms with Crippen LogP contribution in [0, 0.1) is 6.92 Å². The normalized spacial score (nSPS) is 12.4. The van der Waals surface area contributed by atoms with E-state index in [0.717, 1.165) is 5.56 Å². The molecule has 1 amide bonds. The second-order valence-corrected chi connectivity index (χ2v) is 7.20. The minimum atomic E-state index is -3.86. The smallest absolute Gasteiger partial charge is 0.284 e. The third kappa shape index (κ3) is 4.05. The van der Waals surface area contributed by atoms with E-state index in [0.29, 0.717) is 4.47 Å². The van der Waals surface area contributed by atoms with E-state index in [1.807, 2.05) is 6.92 Å². The van der Waals surface area contributed by atoms with Crippen molar-refractivity contribution in [3.63, 3.8) is 0 Å². The average molecular weight is 384 g/mol. The highest BCUT2D eigenvalue weighted by Gasteiger charge is 2.12. The van der Waals surface area contributed by atoms with Gasteiger partial charge in [-0.25, -0.2) is 0 Å². The zero-order valence-corrected chi connectivity index (χ0v) is 14.1. The molecule has 2 aromatic rings. The molecule has 0 aliphatic rings. The molecule has 2 rings (SSSR count). The summed E-state index contributed by atoms with van der Waals surface area (Å²) in [5.74, 6) is -0.590. The van der Waals surface area contributed by atoms with Gasteiger partial charge >= 0.3 is 0 Å². The molecule has 0 unspecified atom stereocenters. The fraction of sp³-hybridized carbons (Fsp3) is 0.143. The van der Waals surface area contributed by atoms with Gasteiger partial charge in [0.2, 0.25) is 5.91 Å². The van der Waals surface area contributed by atoms with Gasteiger partial charge in [0.15, 0.2) is 0 Å². The summed E-state index contributed by atoms with van der Waals surface area (Å²) in [7, 11) is -3.86. The molecule has 116 valence electrons. The molecule has 0 atom stereocenters. The minimum Gasteiger partial charge on any atom is -0.368 e. The number of aryl methyl sites for hydroxylation is 1. The number of hydrogen-bond acceptors (Lipinski definition) is 3. The topological polar surface area (TPSA) is 94.5 Å². The fourth-order valence-corrected chi connectivity index (χ4v) is 3.15. The third-order valence-corrected chi connectivity index (χ3v) is 4.59. The Labute approximate surface area is 136 Å². The van der Waals surface area contributed by atoms with Crippen molar-refractivity contribution in [2.75, 3.05) is 0 Å². The maximum absolute atomic E-state index is 12.3. The van der Waals surface area contributed by atoms with E-state index in [4.69, 9.17) is 5.73 Å². The quantitative estimate of drug-likeness (QED) is 0.862. The lowest BCUT2D eigenvalue weighted by Gasteiger charge is -2.06. The summed E-state index contributed by atoms with van der Waals surface area (Å²) in [5.41, 5.74) is 6.25. The van der Waals surface area contributed by atoms with Crippen LogP contribution in [0.25, 0.3) is 0 Å². The molecule has 0 saturated carbocycles. The lowest BCUT2D eigenvalue weighted by Crippen LogP contribution is -2.28. The Balaban J connectivity index is 2.56. The standard InChI is InChI=1S/C14H14BrN3O3S/c1-10-2-5-12(6-3-10)22(20,21)17-14-7-4-11(15)8-18(14)9-13(16)19/h2-8H,9H2,1H3,(H2,16,19)/b17-14-. The molecule has 0 bridgehead atoms. The molecule has 6 nitrogen and oxygen atoms in total. The molecule has 1 aromatic carbocycles. The minimum absolute atomic E-state index is 0.0895. The Morgan fingerprint density at radius 3 is 2.45 bits per heavy atom. The van der Waals surface area contributed by atoms with E-state index in [-0.39, 0.29) is 16.9 Å². The molecule has 8 heteroatoms. The maximum atomic E-state index is 12.3. The van der Waals surface area contributed by atoms with Gasteiger partial charge in [0.25, 0.3) is 10.0 Å². The van der Waals surface area contributed by atoms with Crippen LogP contribution in [-0.4, -0.2) is 18.9 Å². The highest BCUT2D eigenvalue weighted by atomic mass is 79.9. The number of nitrogens with zero attached hydrogens (tertiary/aromatic N) is 2. The van der Waals surface area contributed by atoms with Crippen molar-refractivity contribution >= 4 is 31.9 Å². The number of halogens is 1. The van der Waals surface area contributed by atoms with E-state index in [2.05, 4.69) is 20.3 Å². The predicted molar refractivity (Wildman–Crippen MR) is 85.3 cm³/mol. The number of carbonyl (C=O) groups excluding carboxylic acids is 1. The van der Waals surface area contributed by atoms with E-state index in [1.165, 1.54) is 22.8 Å². The Kier molecular flexibility index (Phi) is 4.82. The molecule has 0 saturated heterocycles. The lowest BCUT2D eigenvalue weighted by atomic mass is 10.2. The zero-order chi connectivity index (χ0) is 16.3. The van der Waals surface area contributed by atoms with Gasteiger partial charge in [0, 0.05) is 10.7 Å². The molecule has 0 aliphatic heterocycles. The van der Waals surface area contributed by atoms with Gasteiger partial charge in [-0.1, -0.05) is 17.7 Å². The molecule has 2 N–H and O–H groups in total. The number of pyridine rings is 1. The van der Waals surface area contributed by atoms with Crippen molar-refractivity contribution < 1.29 is 13.2 Å². The molecule has 0 radical (unpaired) electrons. The average Bonchev–Trinajstić information content (AvgIpc) is 2.41. The zero-order valence-electron chi connectivity index (χ0n) is 11.7. The van der Waals surface area contributed by atoms with Crippen molar-refractivity contribution in [3.05, 3.63) is 58.1 Å². The summed E-state index contributed by atoms with van der Waals surface area (Å²) < 4.78 is 30.5. The third-order valence-electron chi connectivity index (χ3n) is 2.82. The van der Waals surface area contributed by atoms with Gasteiger partial charge in [0.1, 0.15) is 12.0 Å². The van der Waals surface area contributed by atoms with E-state index >= 15 is 0 Å². The summed E-state index contributed by atoms with van der Waals surface area (Å²) in [4.78, 5) is 11.2. The molecular formula is C14H14BrN3O3S. The number of nitrogens with two attached hydrogens (primary N) is 1. The number of aromatic nitrogens is 1. The van der Waals surface area contributed by atoms with Crippen molar-refractivity contribution in [2.45, 2.75) is 18.4 Å². The van der Waals surface area contributed by atoms with Crippen LogP contribution in [0.1, 0.15) is 5.56 Å². The predicted octanol–water partition coefficient (Wildman–Crippen LogP) is 1.33. The first-order chi connectivity index (χ1) is 10.3. The first-order valence-corrected chi connectivity index (χ1v) is 8.53. The molecule has 22 heavy (non-hydrogen) atoms. The molecule has 1 aromatic heterocycles. The lowest BCUT2D eigenvalue weighted by molar-refractivity contribution is -0.118. The fourth-order valence-electron chi connectivity index (χ4n) is 1.77. The molecular weight excluding hydrogens is 370 g/mol. The monoisotopic (exact) mass is 383 g/mol. The van der Waals surface area contributed by atoms with Crippen LogP contribution in [0.3, 0.4) is 0 Å². The largest absolute Gasteiger partial charge is 0.368 e. The van der Waals surface area contributed by atoms with Crippen LogP contribution in [-0.2, 0) is 21.4 Å². The number of benzene rings is 1. The Bertz CT molecular complexity index is 871. The molecule has 0 spiro atoms. The van der Waals surface area contributed by atoms with Crippen LogP contribution < -0.4 is 11.2 Å². The number of rotatable bonds is 4. The van der Waals surface area contributed by atoms with Crippen molar-refractivity contribution in [3.8, 4) is 0 Å². The van der Waals surface area contributed by atoms with Gasteiger partial charge < -0.3 is 10.3 Å². The summed E-state index contributed by atoms with van der Waals surface area (Å²) in [6, 6.07) is 9.51. The number of primary amides is 1. The van der Waals surface area contributed by atoms with E-state index in [9.17, 15) is 13.2 Å². The Morgan fingerprint density at radius 1 is 1.23 bits per heavy atom. The van der Waals surface area contributed by atoms with E-state index in [1.54, 1.807) is 24.4 Å². The summed E-state index contributed by atoms with van der Waals surface area (Å²) in [6.45, 7) is 1.70. The van der Waals surface area contributed by atoms with Crippen LogP contribution in [0.15, 0.2) is 56.4 Å². The van der Waals surface area contributed by atoms with Gasteiger partial charge in [0.05, 0.1) is 4.90 Å². The SMILES string of the molecule is Cc1ccc(S(=O)(=O)/N=c2/ccc(Br)cn2CC(N)=O)cc1. The summed E-state index contributed by atoms with van der Waals surface area (Å²) in [6.07, 6.45) is 1.55. The Hall–Kier alpha value is -1.93. The van der Waals surface area contributed by atoms with Gasteiger partial charge in [-0.2, -0.15) is 8.42 Å². The van der Waals surface area contributed by atoms with Gasteiger partial charge in [-0.15, -0.1) is 4.40 Å². The van der Waals surface area contributed by atoms with Crippen LogP contribution >= 0.6 is 15.9 Å². The van der Waals surface area contributed by atoms with E-state index < -0.39 is 15.9 Å². The number of carbonyl (C=O) groups is 1. The first-order valence-electron chi connectivity index (χ1n) is 6.30.